The van der Waals surface area contributed by atoms with Crippen LogP contribution in [0.3, 0.4) is 0 Å². The first-order valence-corrected chi connectivity index (χ1v) is 13.9. The molecule has 1 aromatic rings. The molecule has 2 aliphatic rings. The predicted molar refractivity (Wildman–Crippen MR) is 135 cm³/mol. The number of ether oxygens (including phenoxy) is 1. The van der Waals surface area contributed by atoms with Crippen molar-refractivity contribution in [2.75, 3.05) is 0 Å². The molecule has 2 saturated carbocycles. The van der Waals surface area contributed by atoms with E-state index in [1.807, 2.05) is 12.1 Å². The first-order chi connectivity index (χ1) is 15.6. The van der Waals surface area contributed by atoms with Gasteiger partial charge in [0.15, 0.2) is 0 Å². The van der Waals surface area contributed by atoms with Gasteiger partial charge in [-0.25, -0.2) is 0 Å². The maximum absolute atomic E-state index is 12.7. The molecule has 0 heterocycles. The average Bonchev–Trinajstić information content (AvgIpc) is 2.83. The summed E-state index contributed by atoms with van der Waals surface area (Å²) in [5, 5.41) is 0. The zero-order chi connectivity index (χ0) is 22.8. The molecule has 2 aliphatic carbocycles. The molecule has 0 saturated heterocycles. The number of benzene rings is 1. The molecule has 1 atom stereocenters. The van der Waals surface area contributed by atoms with Crippen molar-refractivity contribution in [1.82, 2.24) is 0 Å². The normalized spacial score (nSPS) is 27.1. The Morgan fingerprint density at radius 1 is 0.875 bits per heavy atom. The highest BCUT2D eigenvalue weighted by Crippen LogP contribution is 2.43. The van der Waals surface area contributed by atoms with Crippen LogP contribution >= 0.6 is 0 Å². The van der Waals surface area contributed by atoms with Gasteiger partial charge in [0.1, 0.15) is 5.75 Å². The van der Waals surface area contributed by atoms with Crippen molar-refractivity contribution in [3.8, 4) is 5.75 Å². The van der Waals surface area contributed by atoms with Crippen molar-refractivity contribution >= 4 is 5.97 Å². The predicted octanol–water partition coefficient (Wildman–Crippen LogP) is 8.76. The Labute approximate surface area is 197 Å². The summed E-state index contributed by atoms with van der Waals surface area (Å²) in [4.78, 5) is 12.7. The monoisotopic (exact) mass is 440 g/mol. The summed E-state index contributed by atoms with van der Waals surface area (Å²) in [6, 6.07) is 8.22. The molecule has 3 rings (SSSR count). The number of rotatable bonds is 11. The SMILES string of the molecule is CCCCCCc1ccc(OC(=O)C2CCC(C3CCC(CC(C)CC)CC3)CC2)cc1. The molecule has 1 unspecified atom stereocenters. The fraction of sp³-hybridized carbons (Fsp3) is 0.767. The second kappa shape index (κ2) is 13.4. The van der Waals surface area contributed by atoms with Gasteiger partial charge in [-0.1, -0.05) is 71.4 Å². The standard InChI is InChI=1S/C30H48O2/c1-4-6-7-8-9-24-12-20-29(21-13-24)32-30(31)28-18-16-27(17-19-28)26-14-10-25(11-15-26)22-23(3)5-2/h12-13,20-21,23,25-28H,4-11,14-19,22H2,1-3H3. The third-order valence-corrected chi connectivity index (χ3v) is 8.56. The molecule has 0 spiro atoms. The third-order valence-electron chi connectivity index (χ3n) is 8.56. The van der Waals surface area contributed by atoms with Gasteiger partial charge >= 0.3 is 5.97 Å². The first kappa shape index (κ1) is 25.3. The van der Waals surface area contributed by atoms with Gasteiger partial charge in [0.25, 0.3) is 0 Å². The maximum Gasteiger partial charge on any atom is 0.314 e. The molecule has 180 valence electrons. The lowest BCUT2D eigenvalue weighted by atomic mass is 9.68. The molecule has 0 amide bonds. The van der Waals surface area contributed by atoms with Crippen LogP contribution in [0.4, 0.5) is 0 Å². The smallest absolute Gasteiger partial charge is 0.314 e. The summed E-state index contributed by atoms with van der Waals surface area (Å²) in [6.45, 7) is 6.98. The van der Waals surface area contributed by atoms with Crippen LogP contribution in [-0.2, 0) is 11.2 Å². The quantitative estimate of drug-likeness (QED) is 0.195. The van der Waals surface area contributed by atoms with Crippen molar-refractivity contribution in [1.29, 1.82) is 0 Å². The molecule has 2 heteroatoms. The van der Waals surface area contributed by atoms with Crippen LogP contribution in [0.25, 0.3) is 0 Å². The molecule has 0 bridgehead atoms. The lowest BCUT2D eigenvalue weighted by Crippen LogP contribution is -2.30. The molecule has 0 radical (unpaired) electrons. The zero-order valence-corrected chi connectivity index (χ0v) is 21.1. The Hall–Kier alpha value is -1.31. The van der Waals surface area contributed by atoms with Gasteiger partial charge in [-0.2, -0.15) is 0 Å². The number of hydrogen-bond donors (Lipinski definition) is 0. The van der Waals surface area contributed by atoms with E-state index >= 15 is 0 Å². The molecule has 1 aromatic carbocycles. The van der Waals surface area contributed by atoms with Crippen molar-refractivity contribution < 1.29 is 9.53 Å². The van der Waals surface area contributed by atoms with Crippen LogP contribution in [0.2, 0.25) is 0 Å². The summed E-state index contributed by atoms with van der Waals surface area (Å²) in [7, 11) is 0. The molecule has 32 heavy (non-hydrogen) atoms. The highest BCUT2D eigenvalue weighted by Gasteiger charge is 2.33. The average molecular weight is 441 g/mol. The zero-order valence-electron chi connectivity index (χ0n) is 21.1. The van der Waals surface area contributed by atoms with E-state index < -0.39 is 0 Å². The second-order valence-electron chi connectivity index (χ2n) is 11.0. The number of carbonyl (C=O) groups is 1. The Morgan fingerprint density at radius 2 is 1.50 bits per heavy atom. The Balaban J connectivity index is 1.36. The van der Waals surface area contributed by atoms with Crippen LogP contribution < -0.4 is 4.74 Å². The van der Waals surface area contributed by atoms with E-state index in [4.69, 9.17) is 4.74 Å². The van der Waals surface area contributed by atoms with Crippen LogP contribution in [0, 0.1) is 29.6 Å². The van der Waals surface area contributed by atoms with Crippen LogP contribution in [0.1, 0.15) is 116 Å². The van der Waals surface area contributed by atoms with E-state index in [1.54, 1.807) is 0 Å². The molecular weight excluding hydrogens is 392 g/mol. The number of esters is 1. The van der Waals surface area contributed by atoms with E-state index in [2.05, 4.69) is 32.9 Å². The molecule has 0 N–H and O–H groups in total. The Bertz CT molecular complexity index is 648. The fourth-order valence-corrected chi connectivity index (χ4v) is 6.14. The van der Waals surface area contributed by atoms with Gasteiger partial charge in [0.2, 0.25) is 0 Å². The summed E-state index contributed by atoms with van der Waals surface area (Å²) in [5.74, 6) is 4.42. The van der Waals surface area contributed by atoms with Crippen molar-refractivity contribution in [2.24, 2.45) is 29.6 Å². The second-order valence-corrected chi connectivity index (χ2v) is 11.0. The van der Waals surface area contributed by atoms with Gasteiger partial charge in [-0.3, -0.25) is 4.79 Å². The molecular formula is C30H48O2. The van der Waals surface area contributed by atoms with Crippen LogP contribution in [0.5, 0.6) is 5.75 Å². The van der Waals surface area contributed by atoms with Crippen LogP contribution in [0.15, 0.2) is 24.3 Å². The summed E-state index contributed by atoms with van der Waals surface area (Å²) in [6.07, 6.45) is 19.2. The van der Waals surface area contributed by atoms with E-state index in [0.717, 1.165) is 42.9 Å². The fourth-order valence-electron chi connectivity index (χ4n) is 6.14. The maximum atomic E-state index is 12.7. The summed E-state index contributed by atoms with van der Waals surface area (Å²) < 4.78 is 5.76. The number of carbonyl (C=O) groups excluding carboxylic acids is 1. The molecule has 2 fully saturated rings. The van der Waals surface area contributed by atoms with Crippen molar-refractivity contribution in [3.05, 3.63) is 29.8 Å². The highest BCUT2D eigenvalue weighted by atomic mass is 16.5. The van der Waals surface area contributed by atoms with Gasteiger partial charge < -0.3 is 4.74 Å². The molecule has 0 aliphatic heterocycles. The van der Waals surface area contributed by atoms with E-state index in [-0.39, 0.29) is 11.9 Å². The van der Waals surface area contributed by atoms with Gasteiger partial charge in [-0.15, -0.1) is 0 Å². The number of unbranched alkanes of at least 4 members (excludes halogenated alkanes) is 3. The van der Waals surface area contributed by atoms with E-state index in [9.17, 15) is 4.79 Å². The minimum absolute atomic E-state index is 0.00333. The third kappa shape index (κ3) is 7.92. The molecule has 0 aromatic heterocycles. The van der Waals surface area contributed by atoms with E-state index in [1.165, 1.54) is 82.6 Å². The summed E-state index contributed by atoms with van der Waals surface area (Å²) >= 11 is 0. The van der Waals surface area contributed by atoms with Crippen molar-refractivity contribution in [3.63, 3.8) is 0 Å². The largest absolute Gasteiger partial charge is 0.426 e. The Kier molecular flexibility index (Phi) is 10.6. The van der Waals surface area contributed by atoms with Crippen LogP contribution in [-0.4, -0.2) is 5.97 Å². The topological polar surface area (TPSA) is 26.3 Å². The summed E-state index contributed by atoms with van der Waals surface area (Å²) in [5.41, 5.74) is 1.35. The Morgan fingerprint density at radius 3 is 2.09 bits per heavy atom. The van der Waals surface area contributed by atoms with Gasteiger partial charge in [-0.05, 0) is 99.2 Å². The highest BCUT2D eigenvalue weighted by molar-refractivity contribution is 5.75. The van der Waals surface area contributed by atoms with Crippen molar-refractivity contribution in [2.45, 2.75) is 117 Å². The number of aryl methyl sites for hydroxylation is 1. The lowest BCUT2D eigenvalue weighted by Gasteiger charge is -2.37. The first-order valence-electron chi connectivity index (χ1n) is 13.9. The minimum atomic E-state index is -0.00333. The van der Waals surface area contributed by atoms with E-state index in [0.29, 0.717) is 5.75 Å². The van der Waals surface area contributed by atoms with Gasteiger partial charge in [0, 0.05) is 0 Å². The lowest BCUT2D eigenvalue weighted by molar-refractivity contribution is -0.140. The molecule has 2 nitrogen and oxygen atoms in total. The minimum Gasteiger partial charge on any atom is -0.426 e. The number of hydrogen-bond acceptors (Lipinski definition) is 2. The van der Waals surface area contributed by atoms with Gasteiger partial charge in [0.05, 0.1) is 5.92 Å².